The Morgan fingerprint density at radius 2 is 1.83 bits per heavy atom. The molecule has 0 unspecified atom stereocenters. The van der Waals surface area contributed by atoms with Crippen LogP contribution >= 0.6 is 22.9 Å². The number of hydrogen-bond acceptors (Lipinski definition) is 4. The summed E-state index contributed by atoms with van der Waals surface area (Å²) in [6.45, 7) is 6.23. The average Bonchev–Trinajstić information content (AvgIpc) is 2.93. The molecule has 0 aliphatic carbocycles. The van der Waals surface area contributed by atoms with Crippen LogP contribution in [0.15, 0.2) is 36.5 Å². The largest absolute Gasteiger partial charge is 0.240 e. The van der Waals surface area contributed by atoms with Gasteiger partial charge in [-0.15, -0.1) is 11.3 Å². The molecule has 6 heteroatoms. The molecule has 2 heterocycles. The van der Waals surface area contributed by atoms with Crippen LogP contribution in [0.2, 0.25) is 5.28 Å². The first-order valence-electron chi connectivity index (χ1n) is 7.11. The van der Waals surface area contributed by atoms with Crippen molar-refractivity contribution in [2.24, 2.45) is 0 Å². The monoisotopic (exact) mass is 347 g/mol. The molecule has 118 valence electrons. The molecule has 0 N–H and O–H groups in total. The first kappa shape index (κ1) is 16.0. The van der Waals surface area contributed by atoms with Crippen LogP contribution in [-0.2, 0) is 5.41 Å². The number of hydrogen-bond donors (Lipinski definition) is 0. The summed E-state index contributed by atoms with van der Waals surface area (Å²) in [5.74, 6) is -0.306. The lowest BCUT2D eigenvalue weighted by Crippen LogP contribution is -2.10. The summed E-state index contributed by atoms with van der Waals surface area (Å²) in [5.41, 5.74) is 1.56. The molecule has 3 nitrogen and oxygen atoms in total. The van der Waals surface area contributed by atoms with Crippen LogP contribution in [0.4, 0.5) is 4.39 Å². The summed E-state index contributed by atoms with van der Waals surface area (Å²) in [5, 5.41) is 1.08. The fraction of sp³-hybridized carbons (Fsp3) is 0.235. The van der Waals surface area contributed by atoms with Gasteiger partial charge in [0, 0.05) is 17.2 Å². The quantitative estimate of drug-likeness (QED) is 0.586. The van der Waals surface area contributed by atoms with Crippen molar-refractivity contribution >= 4 is 22.9 Å². The SMILES string of the molecule is CC(C)(C)c1nc(-c2ccccc2F)c(-c2ccnc(Cl)n2)s1. The van der Waals surface area contributed by atoms with Crippen LogP contribution in [-0.4, -0.2) is 15.0 Å². The highest BCUT2D eigenvalue weighted by atomic mass is 35.5. The third-order valence-corrected chi connectivity index (χ3v) is 4.94. The van der Waals surface area contributed by atoms with E-state index in [0.717, 1.165) is 9.88 Å². The topological polar surface area (TPSA) is 38.7 Å². The zero-order valence-corrected chi connectivity index (χ0v) is 14.5. The number of thiazole rings is 1. The minimum absolute atomic E-state index is 0.139. The van der Waals surface area contributed by atoms with Crippen molar-refractivity contribution in [2.45, 2.75) is 26.2 Å². The first-order valence-corrected chi connectivity index (χ1v) is 8.31. The van der Waals surface area contributed by atoms with E-state index < -0.39 is 0 Å². The van der Waals surface area contributed by atoms with Crippen LogP contribution in [0.5, 0.6) is 0 Å². The van der Waals surface area contributed by atoms with Gasteiger partial charge in [0.2, 0.25) is 5.28 Å². The molecule has 0 bridgehead atoms. The summed E-state index contributed by atoms with van der Waals surface area (Å²) in [4.78, 5) is 13.7. The molecule has 3 rings (SSSR count). The number of halogens is 2. The fourth-order valence-electron chi connectivity index (χ4n) is 2.11. The average molecular weight is 348 g/mol. The van der Waals surface area contributed by atoms with Gasteiger partial charge in [0.1, 0.15) is 5.82 Å². The Bertz CT molecular complexity index is 855. The van der Waals surface area contributed by atoms with Gasteiger partial charge in [0.05, 0.1) is 21.3 Å². The second-order valence-electron chi connectivity index (χ2n) is 6.14. The summed E-state index contributed by atoms with van der Waals surface area (Å²) in [6.07, 6.45) is 1.59. The maximum absolute atomic E-state index is 14.3. The molecule has 0 amide bonds. The van der Waals surface area contributed by atoms with E-state index in [4.69, 9.17) is 16.6 Å². The Kier molecular flexibility index (Phi) is 4.17. The van der Waals surface area contributed by atoms with Crippen LogP contribution in [0.25, 0.3) is 21.8 Å². The van der Waals surface area contributed by atoms with E-state index in [0.29, 0.717) is 17.0 Å². The molecule has 0 radical (unpaired) electrons. The van der Waals surface area contributed by atoms with Gasteiger partial charge in [-0.1, -0.05) is 32.9 Å². The van der Waals surface area contributed by atoms with Crippen LogP contribution < -0.4 is 0 Å². The van der Waals surface area contributed by atoms with Crippen molar-refractivity contribution < 1.29 is 4.39 Å². The van der Waals surface area contributed by atoms with Crippen molar-refractivity contribution in [2.75, 3.05) is 0 Å². The Hall–Kier alpha value is -1.85. The predicted molar refractivity (Wildman–Crippen MR) is 92.2 cm³/mol. The van der Waals surface area contributed by atoms with E-state index in [-0.39, 0.29) is 16.5 Å². The zero-order valence-electron chi connectivity index (χ0n) is 13.0. The van der Waals surface area contributed by atoms with Gasteiger partial charge in [-0.3, -0.25) is 0 Å². The minimum Gasteiger partial charge on any atom is -0.240 e. The molecule has 0 spiro atoms. The number of rotatable bonds is 2. The lowest BCUT2D eigenvalue weighted by molar-refractivity contribution is 0.585. The molecule has 0 fully saturated rings. The van der Waals surface area contributed by atoms with Crippen LogP contribution in [0.1, 0.15) is 25.8 Å². The summed E-state index contributed by atoms with van der Waals surface area (Å²) >= 11 is 7.41. The van der Waals surface area contributed by atoms with Crippen molar-refractivity contribution in [3.05, 3.63) is 52.6 Å². The smallest absolute Gasteiger partial charge is 0.222 e. The van der Waals surface area contributed by atoms with E-state index in [1.165, 1.54) is 17.4 Å². The standard InChI is InChI=1S/C17H15ClFN3S/c1-17(2,3)15-22-13(10-6-4-5-7-11(10)19)14(23-15)12-8-9-20-16(18)21-12/h4-9H,1-3H3. The molecule has 1 aromatic carbocycles. The normalized spacial score (nSPS) is 11.7. The maximum atomic E-state index is 14.3. The molecule has 3 aromatic rings. The molecule has 0 saturated carbocycles. The van der Waals surface area contributed by atoms with E-state index >= 15 is 0 Å². The third-order valence-electron chi connectivity index (χ3n) is 3.26. The van der Waals surface area contributed by atoms with E-state index in [1.54, 1.807) is 30.5 Å². The predicted octanol–water partition coefficient (Wildman–Crippen LogP) is 5.36. The Balaban J connectivity index is 2.26. The second-order valence-corrected chi connectivity index (χ2v) is 7.47. The van der Waals surface area contributed by atoms with Gasteiger partial charge >= 0.3 is 0 Å². The summed E-state index contributed by atoms with van der Waals surface area (Å²) in [6, 6.07) is 8.38. The zero-order chi connectivity index (χ0) is 16.6. The van der Waals surface area contributed by atoms with Gasteiger partial charge in [-0.05, 0) is 29.8 Å². The van der Waals surface area contributed by atoms with Gasteiger partial charge in [0.25, 0.3) is 0 Å². The van der Waals surface area contributed by atoms with Gasteiger partial charge < -0.3 is 0 Å². The van der Waals surface area contributed by atoms with Crippen molar-refractivity contribution in [3.63, 3.8) is 0 Å². The molecule has 0 saturated heterocycles. The number of nitrogens with zero attached hydrogens (tertiary/aromatic N) is 3. The molecular formula is C17H15ClFN3S. The lowest BCUT2D eigenvalue weighted by atomic mass is 9.98. The highest BCUT2D eigenvalue weighted by Crippen LogP contribution is 2.40. The fourth-order valence-corrected chi connectivity index (χ4v) is 3.37. The van der Waals surface area contributed by atoms with E-state index in [9.17, 15) is 4.39 Å². The van der Waals surface area contributed by atoms with E-state index in [2.05, 4.69) is 30.7 Å². The summed E-state index contributed by atoms with van der Waals surface area (Å²) < 4.78 is 14.3. The number of benzene rings is 1. The van der Waals surface area contributed by atoms with E-state index in [1.807, 2.05) is 0 Å². The Morgan fingerprint density at radius 1 is 1.09 bits per heavy atom. The summed E-state index contributed by atoms with van der Waals surface area (Å²) in [7, 11) is 0. The van der Waals surface area contributed by atoms with Crippen molar-refractivity contribution in [1.82, 2.24) is 15.0 Å². The Labute approximate surface area is 143 Å². The van der Waals surface area contributed by atoms with Crippen molar-refractivity contribution in [3.8, 4) is 21.8 Å². The van der Waals surface area contributed by atoms with Gasteiger partial charge in [-0.25, -0.2) is 19.3 Å². The Morgan fingerprint density at radius 3 is 2.48 bits per heavy atom. The van der Waals surface area contributed by atoms with Gasteiger partial charge in [-0.2, -0.15) is 0 Å². The van der Waals surface area contributed by atoms with Gasteiger partial charge in [0.15, 0.2) is 0 Å². The highest BCUT2D eigenvalue weighted by molar-refractivity contribution is 7.15. The molecule has 0 aliphatic heterocycles. The number of aromatic nitrogens is 3. The maximum Gasteiger partial charge on any atom is 0.222 e. The van der Waals surface area contributed by atoms with Crippen molar-refractivity contribution in [1.29, 1.82) is 0 Å². The minimum atomic E-state index is -0.306. The molecule has 0 atom stereocenters. The molecular weight excluding hydrogens is 333 g/mol. The molecule has 2 aromatic heterocycles. The molecule has 23 heavy (non-hydrogen) atoms. The first-order chi connectivity index (χ1) is 10.9. The molecule has 0 aliphatic rings. The van der Waals surface area contributed by atoms with Crippen LogP contribution in [0.3, 0.4) is 0 Å². The highest BCUT2D eigenvalue weighted by Gasteiger charge is 2.24. The lowest BCUT2D eigenvalue weighted by Gasteiger charge is -2.13. The second kappa shape index (κ2) is 5.98. The third kappa shape index (κ3) is 3.26. The van der Waals surface area contributed by atoms with Crippen LogP contribution in [0, 0.1) is 5.82 Å².